The topological polar surface area (TPSA) is 48.6 Å². The van der Waals surface area contributed by atoms with Crippen molar-refractivity contribution in [3.63, 3.8) is 0 Å². The van der Waals surface area contributed by atoms with Gasteiger partial charge in [-0.3, -0.25) is 0 Å². The summed E-state index contributed by atoms with van der Waals surface area (Å²) in [6, 6.07) is 0. The van der Waals surface area contributed by atoms with Crippen molar-refractivity contribution in [3.8, 4) is 0 Å². The van der Waals surface area contributed by atoms with Crippen LogP contribution in [0.3, 0.4) is 0 Å². The van der Waals surface area contributed by atoms with Crippen molar-refractivity contribution in [2.24, 2.45) is 0 Å². The Balaban J connectivity index is 1.76. The molecule has 208 valence electrons. The molecule has 0 aliphatic rings. The third-order valence-electron chi connectivity index (χ3n) is 6.40. The molecule has 0 N–H and O–H groups in total. The molecule has 36 heavy (non-hydrogen) atoms. The van der Waals surface area contributed by atoms with Crippen LogP contribution in [0, 0.1) is 0 Å². The molecule has 0 radical (unpaired) electrons. The molecule has 0 saturated heterocycles. The molecule has 0 aliphatic heterocycles. The molecular weight excluding hydrogens is 470 g/mol. The predicted molar refractivity (Wildman–Crippen MR) is 151 cm³/mol. The van der Waals surface area contributed by atoms with E-state index in [1.165, 1.54) is 96.3 Å². The highest BCUT2D eigenvalue weighted by Gasteiger charge is 2.05. The summed E-state index contributed by atoms with van der Waals surface area (Å²) >= 11 is 1.73. The van der Waals surface area contributed by atoms with E-state index in [0.29, 0.717) is 19.8 Å². The first-order valence-corrected chi connectivity index (χ1v) is 15.6. The summed E-state index contributed by atoms with van der Waals surface area (Å²) in [5, 5.41) is 2.10. The maximum atomic E-state index is 11.7. The quantitative estimate of drug-likeness (QED) is 0.0526. The van der Waals surface area contributed by atoms with E-state index in [4.69, 9.17) is 14.2 Å². The Morgan fingerprint density at radius 1 is 0.722 bits per heavy atom. The first-order valence-electron chi connectivity index (χ1n) is 14.7. The molecule has 0 atom stereocenters. The average molecular weight is 525 g/mol. The largest absolute Gasteiger partial charge is 0.508 e. The van der Waals surface area contributed by atoms with Gasteiger partial charge < -0.3 is 14.2 Å². The molecule has 0 spiro atoms. The molecule has 5 nitrogen and oxygen atoms in total. The van der Waals surface area contributed by atoms with Crippen molar-refractivity contribution in [3.05, 3.63) is 29.2 Å². The van der Waals surface area contributed by atoms with Crippen LogP contribution in [0.15, 0.2) is 29.2 Å². The number of aryl methyl sites for hydroxylation is 1. The zero-order valence-electron chi connectivity index (χ0n) is 23.2. The van der Waals surface area contributed by atoms with Gasteiger partial charge in [0, 0.05) is 13.0 Å². The van der Waals surface area contributed by atoms with Crippen LogP contribution in [0.5, 0.6) is 0 Å². The molecule has 1 aromatic heterocycles. The number of hydrogen-bond acceptors (Lipinski definition) is 5. The molecule has 6 heteroatoms. The highest BCUT2D eigenvalue weighted by atomic mass is 32.1. The normalized spacial score (nSPS) is 11.0. The van der Waals surface area contributed by atoms with E-state index in [1.807, 2.05) is 0 Å². The van der Waals surface area contributed by atoms with Crippen LogP contribution in [0.25, 0.3) is 0 Å². The van der Waals surface area contributed by atoms with E-state index in [2.05, 4.69) is 35.2 Å². The van der Waals surface area contributed by atoms with Gasteiger partial charge >= 0.3 is 6.16 Å². The van der Waals surface area contributed by atoms with Gasteiger partial charge in [-0.25, -0.2) is 4.79 Å². The van der Waals surface area contributed by atoms with Crippen molar-refractivity contribution in [2.75, 3.05) is 26.4 Å². The number of thiazole rings is 1. The lowest BCUT2D eigenvalue weighted by Gasteiger charge is -2.09. The number of carbonyl (C=O) groups excluding carboxylic acids is 1. The number of aromatic nitrogens is 1. The van der Waals surface area contributed by atoms with Gasteiger partial charge in [0.2, 0.25) is 5.51 Å². The highest BCUT2D eigenvalue weighted by Crippen LogP contribution is 2.13. The summed E-state index contributed by atoms with van der Waals surface area (Å²) in [6.45, 7) is 9.02. The van der Waals surface area contributed by atoms with Gasteiger partial charge in [-0.15, -0.1) is 0 Å². The van der Waals surface area contributed by atoms with Gasteiger partial charge in [0.25, 0.3) is 0 Å². The van der Waals surface area contributed by atoms with Crippen molar-refractivity contribution >= 4 is 17.5 Å². The first kappa shape index (κ1) is 32.6. The maximum Gasteiger partial charge on any atom is 0.508 e. The van der Waals surface area contributed by atoms with Gasteiger partial charge in [-0.2, -0.15) is 4.57 Å². The predicted octanol–water partition coefficient (Wildman–Crippen LogP) is 8.80. The van der Waals surface area contributed by atoms with Gasteiger partial charge in [-0.05, 0) is 24.8 Å². The Morgan fingerprint density at radius 3 is 1.86 bits per heavy atom. The van der Waals surface area contributed by atoms with E-state index < -0.39 is 6.16 Å². The van der Waals surface area contributed by atoms with Gasteiger partial charge in [-0.1, -0.05) is 115 Å². The van der Waals surface area contributed by atoms with Gasteiger partial charge in [0.15, 0.2) is 6.20 Å². The monoisotopic (exact) mass is 524 g/mol. The maximum absolute atomic E-state index is 11.7. The molecule has 1 rings (SSSR count). The minimum atomic E-state index is -0.602. The molecule has 0 unspecified atom stereocenters. The summed E-state index contributed by atoms with van der Waals surface area (Å²) in [5.74, 6) is 0. The van der Waals surface area contributed by atoms with Crippen molar-refractivity contribution < 1.29 is 23.6 Å². The molecule has 0 saturated carbocycles. The molecule has 1 heterocycles. The molecule has 0 bridgehead atoms. The molecule has 0 aromatic carbocycles. The summed E-state index contributed by atoms with van der Waals surface area (Å²) < 4.78 is 18.2. The lowest BCUT2D eigenvalue weighted by Crippen LogP contribution is -2.29. The van der Waals surface area contributed by atoms with Crippen molar-refractivity contribution in [1.82, 2.24) is 0 Å². The van der Waals surface area contributed by atoms with Crippen LogP contribution in [-0.4, -0.2) is 32.6 Å². The summed E-state index contributed by atoms with van der Waals surface area (Å²) in [6.07, 6.45) is 24.5. The van der Waals surface area contributed by atoms with E-state index in [9.17, 15) is 4.79 Å². The number of hydrogen-bond donors (Lipinski definition) is 0. The Morgan fingerprint density at radius 2 is 1.28 bits per heavy atom. The number of unbranched alkanes of at least 4 members (excludes halogenated alkanes) is 16. The minimum absolute atomic E-state index is 0.162. The first-order chi connectivity index (χ1) is 17.7. The molecule has 0 amide bonds. The van der Waals surface area contributed by atoms with Crippen LogP contribution in [0.1, 0.15) is 122 Å². The summed E-state index contributed by atoms with van der Waals surface area (Å²) in [7, 11) is 0. The average Bonchev–Trinajstić information content (AvgIpc) is 3.40. The van der Waals surface area contributed by atoms with Crippen molar-refractivity contribution in [1.29, 1.82) is 0 Å². The summed E-state index contributed by atoms with van der Waals surface area (Å²) in [5.41, 5.74) is 2.91. The Kier molecular flexibility index (Phi) is 22.9. The van der Waals surface area contributed by atoms with E-state index in [0.717, 1.165) is 31.4 Å². The van der Waals surface area contributed by atoms with Crippen LogP contribution in [-0.2, 0) is 20.8 Å². The number of nitrogens with zero attached hydrogens (tertiary/aromatic N) is 1. The second kappa shape index (κ2) is 25.3. The number of carbonyl (C=O) groups is 1. The van der Waals surface area contributed by atoms with Crippen LogP contribution in [0.2, 0.25) is 0 Å². The fraction of sp³-hybridized carbons (Fsp3) is 0.800. The van der Waals surface area contributed by atoms with E-state index >= 15 is 0 Å². The third kappa shape index (κ3) is 21.8. The SMILES string of the molecule is C=C(COCCCCCC[n+]1ccsc1)COC(=O)OCCCCCCCCCCCCCCCC. The molecule has 0 aliphatic carbocycles. The van der Waals surface area contributed by atoms with Gasteiger partial charge in [0.05, 0.1) is 18.6 Å². The minimum Gasteiger partial charge on any atom is -0.434 e. The zero-order valence-corrected chi connectivity index (χ0v) is 24.0. The summed E-state index contributed by atoms with van der Waals surface area (Å²) in [4.78, 5) is 11.7. The standard InChI is InChI=1S/C30H54NO4S/c1-3-4-5-6-7-8-9-10-11-12-13-14-16-20-24-34-30(32)35-27-29(2)26-33-23-19-17-15-18-21-31-22-25-36-28-31/h22,25,28H,2-21,23-24,26-27H2,1H3/q+1. The third-order valence-corrected chi connectivity index (χ3v) is 7.07. The fourth-order valence-electron chi connectivity index (χ4n) is 4.15. The number of rotatable bonds is 26. The van der Waals surface area contributed by atoms with Crippen LogP contribution >= 0.6 is 11.3 Å². The highest BCUT2D eigenvalue weighted by molar-refractivity contribution is 7.07. The fourth-order valence-corrected chi connectivity index (χ4v) is 4.78. The van der Waals surface area contributed by atoms with Gasteiger partial charge in [0.1, 0.15) is 13.2 Å². The van der Waals surface area contributed by atoms with E-state index in [-0.39, 0.29) is 6.61 Å². The second-order valence-electron chi connectivity index (χ2n) is 9.96. The zero-order chi connectivity index (χ0) is 25.9. The lowest BCUT2D eigenvalue weighted by molar-refractivity contribution is -0.692. The van der Waals surface area contributed by atoms with Crippen LogP contribution in [0.4, 0.5) is 4.79 Å². The number of ether oxygens (including phenoxy) is 3. The molecular formula is C30H54NO4S+. The van der Waals surface area contributed by atoms with Crippen LogP contribution < -0.4 is 4.57 Å². The lowest BCUT2D eigenvalue weighted by atomic mass is 10.0. The Hall–Kier alpha value is -1.40. The molecule has 0 fully saturated rings. The Bertz CT molecular complexity index is 620. The van der Waals surface area contributed by atoms with Crippen molar-refractivity contribution in [2.45, 2.75) is 129 Å². The second-order valence-corrected chi connectivity index (χ2v) is 10.7. The Labute approximate surface area is 225 Å². The molecule has 1 aromatic rings. The van der Waals surface area contributed by atoms with E-state index in [1.54, 1.807) is 11.3 Å². The smallest absolute Gasteiger partial charge is 0.434 e.